The fourth-order valence-electron chi connectivity index (χ4n) is 2.94. The van der Waals surface area contributed by atoms with Gasteiger partial charge >= 0.3 is 0 Å². The Kier molecular flexibility index (Phi) is 4.96. The molecule has 2 aromatic rings. The molecular weight excluding hydrogens is 318 g/mol. The summed E-state index contributed by atoms with van der Waals surface area (Å²) in [7, 11) is 0. The molecular formula is C19H19N3O3. The summed E-state index contributed by atoms with van der Waals surface area (Å²) in [5, 5.41) is 20.0. The van der Waals surface area contributed by atoms with Crippen LogP contribution in [0.25, 0.3) is 0 Å². The van der Waals surface area contributed by atoms with Crippen LogP contribution in [-0.4, -0.2) is 28.6 Å². The lowest BCUT2D eigenvalue weighted by Crippen LogP contribution is -2.29. The molecule has 3 rings (SSSR count). The van der Waals surface area contributed by atoms with Gasteiger partial charge in [-0.2, -0.15) is 5.26 Å². The van der Waals surface area contributed by atoms with Crippen LogP contribution in [0.5, 0.6) is 5.88 Å². The topological polar surface area (TPSA) is 87.6 Å². The van der Waals surface area contributed by atoms with Crippen molar-refractivity contribution in [3.8, 4) is 11.9 Å². The number of para-hydroxylation sites is 1. The predicted molar refractivity (Wildman–Crippen MR) is 94.5 cm³/mol. The number of hydrogen-bond acceptors (Lipinski definition) is 5. The van der Waals surface area contributed by atoms with Crippen molar-refractivity contribution in [2.75, 3.05) is 6.61 Å². The van der Waals surface area contributed by atoms with Gasteiger partial charge in [0.2, 0.25) is 5.88 Å². The molecule has 0 bridgehead atoms. The second-order valence-electron chi connectivity index (χ2n) is 5.99. The molecule has 6 heteroatoms. The summed E-state index contributed by atoms with van der Waals surface area (Å²) in [6, 6.07) is 11.2. The van der Waals surface area contributed by atoms with Gasteiger partial charge in [-0.15, -0.1) is 0 Å². The smallest absolute Gasteiger partial charge is 0.271 e. The summed E-state index contributed by atoms with van der Waals surface area (Å²) >= 11 is 0. The zero-order valence-electron chi connectivity index (χ0n) is 14.0. The minimum Gasteiger partial charge on any atom is -0.494 e. The molecule has 1 aliphatic rings. The normalized spacial score (nSPS) is 17.0. The van der Waals surface area contributed by atoms with Crippen molar-refractivity contribution in [2.45, 2.75) is 32.4 Å². The highest BCUT2D eigenvalue weighted by Crippen LogP contribution is 2.23. The van der Waals surface area contributed by atoms with Crippen LogP contribution in [0.1, 0.15) is 29.5 Å². The van der Waals surface area contributed by atoms with Gasteiger partial charge in [-0.25, -0.2) is 0 Å². The average Bonchev–Trinajstić information content (AvgIpc) is 3.13. The van der Waals surface area contributed by atoms with E-state index in [1.807, 2.05) is 36.4 Å². The van der Waals surface area contributed by atoms with E-state index in [0.29, 0.717) is 17.7 Å². The quantitative estimate of drug-likeness (QED) is 0.869. The Balaban J connectivity index is 2.06. The van der Waals surface area contributed by atoms with Crippen LogP contribution in [0.15, 0.2) is 40.1 Å². The number of ether oxygens (including phenoxy) is 1. The van der Waals surface area contributed by atoms with Gasteiger partial charge in [-0.05, 0) is 37.5 Å². The maximum atomic E-state index is 12.5. The molecule has 1 fully saturated rings. The van der Waals surface area contributed by atoms with Crippen molar-refractivity contribution in [2.24, 2.45) is 4.99 Å². The number of aliphatic imine (C=N–C) groups is 1. The largest absolute Gasteiger partial charge is 0.494 e. The van der Waals surface area contributed by atoms with Gasteiger partial charge in [-0.1, -0.05) is 18.2 Å². The Labute approximate surface area is 145 Å². The Bertz CT molecular complexity index is 889. The minimum atomic E-state index is -0.495. The Morgan fingerprint density at radius 1 is 1.44 bits per heavy atom. The number of pyridine rings is 1. The van der Waals surface area contributed by atoms with E-state index in [4.69, 9.17) is 4.74 Å². The SMILES string of the molecule is Cc1c(C=Nc2ccccc2)c(O)n(CC2CCCO2)c(=O)c1C#N. The number of nitriles is 1. The zero-order chi connectivity index (χ0) is 17.8. The average molecular weight is 337 g/mol. The van der Waals surface area contributed by atoms with Crippen molar-refractivity contribution in [3.63, 3.8) is 0 Å². The molecule has 1 aliphatic heterocycles. The Hall–Kier alpha value is -2.91. The van der Waals surface area contributed by atoms with Crippen LogP contribution in [0.3, 0.4) is 0 Å². The van der Waals surface area contributed by atoms with Crippen LogP contribution < -0.4 is 5.56 Å². The number of benzene rings is 1. The molecule has 0 radical (unpaired) electrons. The van der Waals surface area contributed by atoms with Crippen molar-refractivity contribution in [1.29, 1.82) is 5.26 Å². The minimum absolute atomic E-state index is 0.0188. The van der Waals surface area contributed by atoms with Gasteiger partial charge in [0.15, 0.2) is 0 Å². The van der Waals surface area contributed by atoms with E-state index in [2.05, 4.69) is 4.99 Å². The fourth-order valence-corrected chi connectivity index (χ4v) is 2.94. The molecule has 0 aliphatic carbocycles. The second-order valence-corrected chi connectivity index (χ2v) is 5.99. The molecule has 1 N–H and O–H groups in total. The first-order valence-corrected chi connectivity index (χ1v) is 8.19. The molecule has 1 aromatic heterocycles. The third-order valence-electron chi connectivity index (χ3n) is 4.36. The van der Waals surface area contributed by atoms with Crippen molar-refractivity contribution in [1.82, 2.24) is 4.57 Å². The molecule has 6 nitrogen and oxygen atoms in total. The molecule has 25 heavy (non-hydrogen) atoms. The van der Waals surface area contributed by atoms with E-state index in [9.17, 15) is 15.2 Å². The summed E-state index contributed by atoms with van der Waals surface area (Å²) in [5.74, 6) is -0.184. The Morgan fingerprint density at radius 3 is 2.84 bits per heavy atom. The molecule has 128 valence electrons. The Morgan fingerprint density at radius 2 is 2.20 bits per heavy atom. The van der Waals surface area contributed by atoms with Gasteiger partial charge in [0, 0.05) is 12.8 Å². The fraction of sp³-hybridized carbons (Fsp3) is 0.316. The molecule has 0 saturated carbocycles. The van der Waals surface area contributed by atoms with Crippen LogP contribution >= 0.6 is 0 Å². The summed E-state index contributed by atoms with van der Waals surface area (Å²) in [4.78, 5) is 16.9. The van der Waals surface area contributed by atoms with E-state index in [0.717, 1.165) is 18.5 Å². The van der Waals surface area contributed by atoms with Crippen molar-refractivity contribution < 1.29 is 9.84 Å². The third kappa shape index (κ3) is 3.47. The number of nitrogens with zero attached hydrogens (tertiary/aromatic N) is 3. The number of aromatic nitrogens is 1. The summed E-state index contributed by atoms with van der Waals surface area (Å²) < 4.78 is 6.77. The summed E-state index contributed by atoms with van der Waals surface area (Å²) in [5.41, 5.74) is 1.04. The van der Waals surface area contributed by atoms with Gasteiger partial charge in [0.25, 0.3) is 5.56 Å². The lowest BCUT2D eigenvalue weighted by molar-refractivity contribution is 0.0938. The van der Waals surface area contributed by atoms with Crippen molar-refractivity contribution in [3.05, 3.63) is 57.4 Å². The highest BCUT2D eigenvalue weighted by Gasteiger charge is 2.22. The highest BCUT2D eigenvalue weighted by molar-refractivity contribution is 5.87. The van der Waals surface area contributed by atoms with Crippen molar-refractivity contribution >= 4 is 11.9 Å². The first kappa shape index (κ1) is 16.9. The number of aromatic hydroxyl groups is 1. The maximum absolute atomic E-state index is 12.5. The van der Waals surface area contributed by atoms with E-state index in [1.165, 1.54) is 10.8 Å². The van der Waals surface area contributed by atoms with E-state index in [1.54, 1.807) is 6.92 Å². The van der Waals surface area contributed by atoms with Gasteiger partial charge in [0.05, 0.1) is 23.9 Å². The maximum Gasteiger partial charge on any atom is 0.271 e. The molecule has 1 unspecified atom stereocenters. The van der Waals surface area contributed by atoms with E-state index in [-0.39, 0.29) is 24.1 Å². The third-order valence-corrected chi connectivity index (χ3v) is 4.36. The second kappa shape index (κ2) is 7.32. The molecule has 2 heterocycles. The first-order chi connectivity index (χ1) is 12.1. The standard InChI is InChI=1S/C19H19N3O3/c1-13-16(10-20)18(23)22(12-15-8-5-9-25-15)19(24)17(13)11-21-14-6-3-2-4-7-14/h2-4,6-7,11,15,24H,5,8-9,12H2,1H3. The van der Waals surface area contributed by atoms with Gasteiger partial charge in [-0.3, -0.25) is 14.4 Å². The number of rotatable bonds is 4. The molecule has 0 amide bonds. The highest BCUT2D eigenvalue weighted by atomic mass is 16.5. The van der Waals surface area contributed by atoms with E-state index < -0.39 is 5.56 Å². The predicted octanol–water partition coefficient (Wildman–Crippen LogP) is 2.66. The van der Waals surface area contributed by atoms with E-state index >= 15 is 0 Å². The van der Waals surface area contributed by atoms with Gasteiger partial charge < -0.3 is 9.84 Å². The monoisotopic (exact) mass is 337 g/mol. The molecule has 0 spiro atoms. The lowest BCUT2D eigenvalue weighted by Gasteiger charge is -2.17. The van der Waals surface area contributed by atoms with Crippen LogP contribution in [-0.2, 0) is 11.3 Å². The zero-order valence-corrected chi connectivity index (χ0v) is 14.0. The van der Waals surface area contributed by atoms with Crippen LogP contribution in [0.2, 0.25) is 0 Å². The van der Waals surface area contributed by atoms with Crippen LogP contribution in [0.4, 0.5) is 5.69 Å². The summed E-state index contributed by atoms with van der Waals surface area (Å²) in [6.07, 6.45) is 3.12. The van der Waals surface area contributed by atoms with Gasteiger partial charge in [0.1, 0.15) is 11.6 Å². The number of hydrogen-bond donors (Lipinski definition) is 1. The molecule has 1 atom stereocenters. The first-order valence-electron chi connectivity index (χ1n) is 8.19. The van der Waals surface area contributed by atoms with Crippen LogP contribution in [0, 0.1) is 18.3 Å². The lowest BCUT2D eigenvalue weighted by atomic mass is 10.1. The molecule has 1 saturated heterocycles. The molecule has 1 aromatic carbocycles. The summed E-state index contributed by atoms with van der Waals surface area (Å²) in [6.45, 7) is 2.52.